The van der Waals surface area contributed by atoms with Gasteiger partial charge in [-0.25, -0.2) is 4.79 Å². The molecule has 11 heteroatoms. The van der Waals surface area contributed by atoms with Crippen molar-refractivity contribution in [3.8, 4) is 0 Å². The van der Waals surface area contributed by atoms with Crippen LogP contribution in [-0.2, 0) is 27.1 Å². The Morgan fingerprint density at radius 1 is 1.25 bits per heavy atom. The molecule has 1 saturated heterocycles. The van der Waals surface area contributed by atoms with Crippen molar-refractivity contribution in [2.45, 2.75) is 50.2 Å². The minimum absolute atomic E-state index is 0.154. The summed E-state index contributed by atoms with van der Waals surface area (Å²) in [6, 6.07) is 0.407. The summed E-state index contributed by atoms with van der Waals surface area (Å²) < 4.78 is 12.9. The molecule has 2 aromatic heterocycles. The Balaban J connectivity index is 1.27. The number of nitrogens with one attached hydrogen (secondary N) is 1. The number of amides is 1. The van der Waals surface area contributed by atoms with Crippen LogP contribution in [-0.4, -0.2) is 65.3 Å². The molecule has 5 rings (SSSR count). The van der Waals surface area contributed by atoms with Crippen LogP contribution < -0.4 is 10.2 Å². The van der Waals surface area contributed by atoms with Crippen molar-refractivity contribution in [2.24, 2.45) is 0 Å². The van der Waals surface area contributed by atoms with E-state index in [4.69, 9.17) is 9.47 Å². The molecule has 0 aromatic carbocycles. The Labute approximate surface area is 194 Å². The first-order chi connectivity index (χ1) is 15.7. The number of thioether (sulfide) groups is 1. The SMILES string of the molecule is CCOC(=O)c1c(NC(=O)CSc2nnc(N3CCOCC3)n2C2CC2)sc2c1CCC2. The highest BCUT2D eigenvalue weighted by Crippen LogP contribution is 2.42. The van der Waals surface area contributed by atoms with Gasteiger partial charge in [-0.05, 0) is 44.6 Å². The quantitative estimate of drug-likeness (QED) is 0.458. The topological polar surface area (TPSA) is 98.6 Å². The van der Waals surface area contributed by atoms with E-state index in [0.29, 0.717) is 36.4 Å². The number of hydrogen-bond donors (Lipinski definition) is 1. The lowest BCUT2D eigenvalue weighted by atomic mass is 10.1. The monoisotopic (exact) mass is 477 g/mol. The minimum Gasteiger partial charge on any atom is -0.462 e. The zero-order valence-electron chi connectivity index (χ0n) is 18.1. The lowest BCUT2D eigenvalue weighted by Crippen LogP contribution is -2.38. The number of fused-ring (bicyclic) bond motifs is 1. The van der Waals surface area contributed by atoms with Gasteiger partial charge in [-0.15, -0.1) is 21.5 Å². The van der Waals surface area contributed by atoms with Crippen LogP contribution in [0.15, 0.2) is 5.16 Å². The zero-order chi connectivity index (χ0) is 22.1. The molecule has 0 bridgehead atoms. The van der Waals surface area contributed by atoms with E-state index in [9.17, 15) is 9.59 Å². The molecule has 0 spiro atoms. The Bertz CT molecular complexity index is 1010. The van der Waals surface area contributed by atoms with Crippen molar-refractivity contribution in [1.82, 2.24) is 14.8 Å². The standard InChI is InChI=1S/C21H27N5O4S2/c1-2-30-19(28)17-14-4-3-5-15(14)32-18(17)22-16(27)12-31-21-24-23-20(26(21)13-6-7-13)25-8-10-29-11-9-25/h13H,2-12H2,1H3,(H,22,27). The van der Waals surface area contributed by atoms with E-state index in [1.807, 2.05) is 0 Å². The summed E-state index contributed by atoms with van der Waals surface area (Å²) in [5.74, 6) is 0.578. The number of aryl methyl sites for hydroxylation is 1. The summed E-state index contributed by atoms with van der Waals surface area (Å²) in [4.78, 5) is 28.7. The van der Waals surface area contributed by atoms with Gasteiger partial charge in [0.05, 0.1) is 31.1 Å². The number of aromatic nitrogens is 3. The smallest absolute Gasteiger partial charge is 0.341 e. The second-order valence-electron chi connectivity index (χ2n) is 8.10. The van der Waals surface area contributed by atoms with Crippen LogP contribution >= 0.6 is 23.1 Å². The average molecular weight is 478 g/mol. The molecule has 172 valence electrons. The number of rotatable bonds is 8. The highest BCUT2D eigenvalue weighted by molar-refractivity contribution is 7.99. The lowest BCUT2D eigenvalue weighted by Gasteiger charge is -2.27. The van der Waals surface area contributed by atoms with Gasteiger partial charge in [-0.2, -0.15) is 0 Å². The van der Waals surface area contributed by atoms with Crippen molar-refractivity contribution >= 4 is 45.9 Å². The molecule has 0 atom stereocenters. The van der Waals surface area contributed by atoms with Gasteiger partial charge in [0.2, 0.25) is 11.9 Å². The molecule has 3 heterocycles. The molecular formula is C21H27N5O4S2. The van der Waals surface area contributed by atoms with Crippen LogP contribution in [0.5, 0.6) is 0 Å². The van der Waals surface area contributed by atoms with E-state index in [2.05, 4.69) is 25.0 Å². The molecule has 2 aromatic rings. The molecule has 0 unspecified atom stereocenters. The summed E-state index contributed by atoms with van der Waals surface area (Å²) >= 11 is 2.89. The Morgan fingerprint density at radius 3 is 2.81 bits per heavy atom. The molecule has 0 radical (unpaired) electrons. The third kappa shape index (κ3) is 4.38. The zero-order valence-corrected chi connectivity index (χ0v) is 19.7. The number of carbonyl (C=O) groups is 2. The normalized spacial score (nSPS) is 18.0. The maximum absolute atomic E-state index is 12.8. The van der Waals surface area contributed by atoms with Crippen LogP contribution in [0.4, 0.5) is 10.9 Å². The number of morpholine rings is 1. The van der Waals surface area contributed by atoms with Crippen molar-refractivity contribution in [2.75, 3.05) is 48.9 Å². The Morgan fingerprint density at radius 2 is 2.06 bits per heavy atom. The number of carbonyl (C=O) groups excluding carboxylic acids is 2. The Hall–Kier alpha value is -2.11. The summed E-state index contributed by atoms with van der Waals surface area (Å²) in [7, 11) is 0. The van der Waals surface area contributed by atoms with Gasteiger partial charge in [-0.1, -0.05) is 11.8 Å². The third-order valence-corrected chi connectivity index (χ3v) is 7.99. The second kappa shape index (κ2) is 9.40. The largest absolute Gasteiger partial charge is 0.462 e. The molecule has 1 saturated carbocycles. The first kappa shape index (κ1) is 21.7. The number of anilines is 2. The Kier molecular flexibility index (Phi) is 6.38. The molecule has 2 fully saturated rings. The minimum atomic E-state index is -0.349. The molecular weight excluding hydrogens is 450 g/mol. The highest BCUT2D eigenvalue weighted by Gasteiger charge is 2.33. The summed E-state index contributed by atoms with van der Waals surface area (Å²) in [6.07, 6.45) is 5.07. The van der Waals surface area contributed by atoms with Crippen molar-refractivity contribution in [3.63, 3.8) is 0 Å². The number of thiophene rings is 1. The van der Waals surface area contributed by atoms with Gasteiger partial charge in [0.25, 0.3) is 0 Å². The van der Waals surface area contributed by atoms with Gasteiger partial charge in [0, 0.05) is 24.0 Å². The van der Waals surface area contributed by atoms with Gasteiger partial charge in [-0.3, -0.25) is 9.36 Å². The first-order valence-corrected chi connectivity index (χ1v) is 13.0. The second-order valence-corrected chi connectivity index (χ2v) is 10.1. The predicted octanol–water partition coefficient (Wildman–Crippen LogP) is 2.91. The third-order valence-electron chi connectivity index (χ3n) is 5.84. The number of esters is 1. The fourth-order valence-corrected chi connectivity index (χ4v) is 6.30. The summed E-state index contributed by atoms with van der Waals surface area (Å²) in [6.45, 7) is 5.09. The molecule has 1 amide bonds. The number of nitrogens with zero attached hydrogens (tertiary/aromatic N) is 4. The van der Waals surface area contributed by atoms with Gasteiger partial charge in [0.15, 0.2) is 5.16 Å². The van der Waals surface area contributed by atoms with Gasteiger partial charge in [0.1, 0.15) is 5.00 Å². The maximum atomic E-state index is 12.8. The van der Waals surface area contributed by atoms with E-state index < -0.39 is 0 Å². The number of ether oxygens (including phenoxy) is 2. The van der Waals surface area contributed by atoms with Crippen LogP contribution in [0.3, 0.4) is 0 Å². The molecule has 2 aliphatic carbocycles. The van der Waals surface area contributed by atoms with Crippen LogP contribution in [0.2, 0.25) is 0 Å². The first-order valence-electron chi connectivity index (χ1n) is 11.2. The van der Waals surface area contributed by atoms with Crippen molar-refractivity contribution in [3.05, 3.63) is 16.0 Å². The van der Waals surface area contributed by atoms with Crippen LogP contribution in [0, 0.1) is 0 Å². The van der Waals surface area contributed by atoms with Crippen LogP contribution in [0.1, 0.15) is 53.0 Å². The molecule has 1 N–H and O–H groups in total. The summed E-state index contributed by atoms with van der Waals surface area (Å²) in [5.41, 5.74) is 1.58. The van der Waals surface area contributed by atoms with E-state index in [1.54, 1.807) is 6.92 Å². The lowest BCUT2D eigenvalue weighted by molar-refractivity contribution is -0.113. The molecule has 32 heavy (non-hydrogen) atoms. The van der Waals surface area contributed by atoms with Crippen LogP contribution in [0.25, 0.3) is 0 Å². The summed E-state index contributed by atoms with van der Waals surface area (Å²) in [5, 5.41) is 13.1. The molecule has 1 aliphatic heterocycles. The van der Waals surface area contributed by atoms with E-state index in [0.717, 1.165) is 61.9 Å². The van der Waals surface area contributed by atoms with Crippen molar-refractivity contribution in [1.29, 1.82) is 0 Å². The predicted molar refractivity (Wildman–Crippen MR) is 123 cm³/mol. The van der Waals surface area contributed by atoms with Gasteiger partial charge >= 0.3 is 5.97 Å². The highest BCUT2D eigenvalue weighted by atomic mass is 32.2. The fourth-order valence-electron chi connectivity index (χ4n) is 4.20. The van der Waals surface area contributed by atoms with Gasteiger partial charge < -0.3 is 19.7 Å². The maximum Gasteiger partial charge on any atom is 0.341 e. The van der Waals surface area contributed by atoms with E-state index >= 15 is 0 Å². The van der Waals surface area contributed by atoms with E-state index in [-0.39, 0.29) is 17.6 Å². The molecule has 3 aliphatic rings. The number of hydrogen-bond acceptors (Lipinski definition) is 9. The molecule has 9 nitrogen and oxygen atoms in total. The van der Waals surface area contributed by atoms with E-state index in [1.165, 1.54) is 28.0 Å². The fraction of sp³-hybridized carbons (Fsp3) is 0.619. The average Bonchev–Trinajstić information content (AvgIpc) is 3.23. The van der Waals surface area contributed by atoms with Crippen molar-refractivity contribution < 1.29 is 19.1 Å².